The molecule has 2 fully saturated rings. The number of sulfone groups is 1. The van der Waals surface area contributed by atoms with E-state index < -0.39 is 15.9 Å². The van der Waals surface area contributed by atoms with Gasteiger partial charge in [0.2, 0.25) is 0 Å². The van der Waals surface area contributed by atoms with Crippen molar-refractivity contribution in [3.63, 3.8) is 0 Å². The van der Waals surface area contributed by atoms with Gasteiger partial charge in [-0.05, 0) is 27.7 Å². The van der Waals surface area contributed by atoms with Crippen LogP contribution in [0.5, 0.6) is 0 Å². The summed E-state index contributed by atoms with van der Waals surface area (Å²) in [7, 11) is -3.10. The molecule has 18 heavy (non-hydrogen) atoms. The molecular weight excluding hydrogens is 254 g/mol. The minimum absolute atomic E-state index is 0.0559. The molecule has 106 valence electrons. The average molecular weight is 277 g/mol. The predicted octanol–water partition coefficient (Wildman–Crippen LogP) is 0.0337. The topological polar surface area (TPSA) is 66.8 Å². The zero-order valence-corrected chi connectivity index (χ0v) is 12.3. The number of ether oxygens (including phenoxy) is 1. The van der Waals surface area contributed by atoms with Gasteiger partial charge in [-0.2, -0.15) is 0 Å². The lowest BCUT2D eigenvalue weighted by atomic mass is 9.96. The number of aliphatic hydroxyl groups is 1. The van der Waals surface area contributed by atoms with E-state index in [9.17, 15) is 13.5 Å². The van der Waals surface area contributed by atoms with E-state index in [1.54, 1.807) is 0 Å². The van der Waals surface area contributed by atoms with E-state index in [0.29, 0.717) is 13.1 Å². The highest BCUT2D eigenvalue weighted by Gasteiger charge is 2.46. The molecule has 0 aliphatic carbocycles. The third kappa shape index (κ3) is 3.04. The predicted molar refractivity (Wildman–Crippen MR) is 69.3 cm³/mol. The first-order valence-corrected chi connectivity index (χ1v) is 8.15. The van der Waals surface area contributed by atoms with Crippen LogP contribution in [0.4, 0.5) is 0 Å². The molecule has 2 aliphatic heterocycles. The lowest BCUT2D eigenvalue weighted by Crippen LogP contribution is -2.61. The van der Waals surface area contributed by atoms with Crippen LogP contribution in [0.25, 0.3) is 0 Å². The highest BCUT2D eigenvalue weighted by atomic mass is 32.2. The second-order valence-corrected chi connectivity index (χ2v) is 8.89. The number of rotatable bonds is 1. The lowest BCUT2D eigenvalue weighted by Gasteiger charge is -2.49. The third-order valence-electron chi connectivity index (χ3n) is 3.48. The summed E-state index contributed by atoms with van der Waals surface area (Å²) in [6.07, 6.45) is -0.778. The van der Waals surface area contributed by atoms with E-state index in [1.165, 1.54) is 0 Å². The normalized spacial score (nSPS) is 38.7. The maximum absolute atomic E-state index is 11.6. The molecule has 2 rings (SSSR count). The van der Waals surface area contributed by atoms with Crippen molar-refractivity contribution in [1.82, 2.24) is 4.90 Å². The molecule has 1 N–H and O–H groups in total. The molecule has 2 unspecified atom stereocenters. The van der Waals surface area contributed by atoms with Gasteiger partial charge in [-0.1, -0.05) is 0 Å². The summed E-state index contributed by atoms with van der Waals surface area (Å²) in [6, 6.07) is -0.294. The number of nitrogens with zero attached hydrogens (tertiary/aromatic N) is 1. The quantitative estimate of drug-likeness (QED) is 0.733. The van der Waals surface area contributed by atoms with Crippen molar-refractivity contribution in [1.29, 1.82) is 0 Å². The van der Waals surface area contributed by atoms with Crippen LogP contribution in [-0.4, -0.2) is 66.4 Å². The van der Waals surface area contributed by atoms with Gasteiger partial charge in [0.05, 0.1) is 34.9 Å². The molecule has 6 heteroatoms. The van der Waals surface area contributed by atoms with E-state index in [2.05, 4.69) is 4.90 Å². The summed E-state index contributed by atoms with van der Waals surface area (Å²) in [6.45, 7) is 9.28. The van der Waals surface area contributed by atoms with Crippen LogP contribution in [0.2, 0.25) is 0 Å². The zero-order valence-electron chi connectivity index (χ0n) is 11.5. The van der Waals surface area contributed by atoms with E-state index in [-0.39, 0.29) is 28.7 Å². The number of morpholine rings is 1. The molecule has 0 spiro atoms. The van der Waals surface area contributed by atoms with Crippen molar-refractivity contribution >= 4 is 9.84 Å². The highest BCUT2D eigenvalue weighted by molar-refractivity contribution is 7.91. The molecular formula is C12H23NO4S. The Hall–Kier alpha value is -0.170. The van der Waals surface area contributed by atoms with Crippen LogP contribution in [0.15, 0.2) is 0 Å². The summed E-state index contributed by atoms with van der Waals surface area (Å²) < 4.78 is 29.2. The van der Waals surface area contributed by atoms with Crippen molar-refractivity contribution in [3.05, 3.63) is 0 Å². The van der Waals surface area contributed by atoms with Gasteiger partial charge in [-0.3, -0.25) is 4.90 Å². The van der Waals surface area contributed by atoms with E-state index in [0.717, 1.165) is 0 Å². The summed E-state index contributed by atoms with van der Waals surface area (Å²) in [5.74, 6) is -0.0593. The highest BCUT2D eigenvalue weighted by Crippen LogP contribution is 2.31. The first-order chi connectivity index (χ1) is 8.00. The molecule has 2 aliphatic rings. The van der Waals surface area contributed by atoms with Crippen LogP contribution in [0.3, 0.4) is 0 Å². The smallest absolute Gasteiger partial charge is 0.154 e. The Morgan fingerprint density at radius 1 is 1.11 bits per heavy atom. The van der Waals surface area contributed by atoms with E-state index in [4.69, 9.17) is 4.74 Å². The maximum Gasteiger partial charge on any atom is 0.154 e. The molecule has 0 aromatic rings. The third-order valence-corrected chi connectivity index (χ3v) is 5.18. The minimum Gasteiger partial charge on any atom is -0.390 e. The fourth-order valence-corrected chi connectivity index (χ4v) is 5.07. The van der Waals surface area contributed by atoms with Crippen LogP contribution in [0, 0.1) is 0 Å². The van der Waals surface area contributed by atoms with Crippen molar-refractivity contribution in [3.8, 4) is 0 Å². The van der Waals surface area contributed by atoms with Gasteiger partial charge < -0.3 is 9.84 Å². The minimum atomic E-state index is -3.10. The molecule has 0 saturated carbocycles. The Bertz CT molecular complexity index is 413. The standard InChI is InChI=1S/C12H23NO4S/c1-11(2)7-13(8-12(3,4)17-11)9-5-18(15,16)6-10(9)14/h9-10,14H,5-8H2,1-4H3. The van der Waals surface area contributed by atoms with Crippen LogP contribution < -0.4 is 0 Å². The summed E-state index contributed by atoms with van der Waals surface area (Å²) in [5.41, 5.74) is -0.651. The Morgan fingerprint density at radius 2 is 1.61 bits per heavy atom. The molecule has 0 radical (unpaired) electrons. The summed E-state index contributed by atoms with van der Waals surface area (Å²) in [4.78, 5) is 2.07. The maximum atomic E-state index is 11.6. The van der Waals surface area contributed by atoms with Crippen LogP contribution >= 0.6 is 0 Å². The number of aliphatic hydroxyl groups excluding tert-OH is 1. The molecule has 2 heterocycles. The van der Waals surface area contributed by atoms with Gasteiger partial charge in [0, 0.05) is 13.1 Å². The molecule has 0 bridgehead atoms. The van der Waals surface area contributed by atoms with Gasteiger partial charge >= 0.3 is 0 Å². The molecule has 2 saturated heterocycles. The summed E-state index contributed by atoms with van der Waals surface area (Å²) in [5, 5.41) is 9.96. The molecule has 5 nitrogen and oxygen atoms in total. The van der Waals surface area contributed by atoms with Crippen molar-refractivity contribution in [2.24, 2.45) is 0 Å². The largest absolute Gasteiger partial charge is 0.390 e. The van der Waals surface area contributed by atoms with Gasteiger partial charge in [0.1, 0.15) is 0 Å². The van der Waals surface area contributed by atoms with Crippen LogP contribution in [0.1, 0.15) is 27.7 Å². The Balaban J connectivity index is 2.19. The van der Waals surface area contributed by atoms with Crippen molar-refractivity contribution < 1.29 is 18.3 Å². The van der Waals surface area contributed by atoms with Gasteiger partial charge in [0.15, 0.2) is 9.84 Å². The Morgan fingerprint density at radius 3 is 2.00 bits per heavy atom. The zero-order chi connectivity index (χ0) is 13.8. The first-order valence-electron chi connectivity index (χ1n) is 6.32. The second-order valence-electron chi connectivity index (χ2n) is 6.74. The van der Waals surface area contributed by atoms with E-state index >= 15 is 0 Å². The number of hydrogen-bond donors (Lipinski definition) is 1. The van der Waals surface area contributed by atoms with E-state index in [1.807, 2.05) is 27.7 Å². The summed E-state index contributed by atoms with van der Waals surface area (Å²) >= 11 is 0. The monoisotopic (exact) mass is 277 g/mol. The second kappa shape index (κ2) is 4.16. The molecule has 0 aromatic heterocycles. The average Bonchev–Trinajstić information content (AvgIpc) is 2.33. The van der Waals surface area contributed by atoms with Gasteiger partial charge in [0.25, 0.3) is 0 Å². The Kier molecular flexibility index (Phi) is 3.29. The molecule has 2 atom stereocenters. The van der Waals surface area contributed by atoms with Crippen molar-refractivity contribution in [2.75, 3.05) is 24.6 Å². The molecule has 0 aromatic carbocycles. The molecule has 0 amide bonds. The fourth-order valence-electron chi connectivity index (χ4n) is 3.24. The van der Waals surface area contributed by atoms with Gasteiger partial charge in [-0.25, -0.2) is 8.42 Å². The van der Waals surface area contributed by atoms with Gasteiger partial charge in [-0.15, -0.1) is 0 Å². The van der Waals surface area contributed by atoms with Crippen molar-refractivity contribution in [2.45, 2.75) is 51.0 Å². The first kappa shape index (κ1) is 14.2. The fraction of sp³-hybridized carbons (Fsp3) is 1.00. The van der Waals surface area contributed by atoms with Crippen LogP contribution in [-0.2, 0) is 14.6 Å². The Labute approximate surface area is 109 Å². The lowest BCUT2D eigenvalue weighted by molar-refractivity contribution is -0.190. The SMILES string of the molecule is CC1(C)CN(C2CS(=O)(=O)CC2O)CC(C)(C)O1. The number of hydrogen-bond acceptors (Lipinski definition) is 5.